The number of benzene rings is 6. The van der Waals surface area contributed by atoms with Crippen LogP contribution in [0.5, 0.6) is 5.75 Å². The van der Waals surface area contributed by atoms with E-state index in [0.29, 0.717) is 71.7 Å². The number of nitrogens with one attached hydrogen (secondary N) is 3. The van der Waals surface area contributed by atoms with Gasteiger partial charge in [-0.2, -0.15) is 5.26 Å². The maximum Gasteiger partial charge on any atom is 0.573 e. The van der Waals surface area contributed by atoms with E-state index >= 15 is 0 Å². The molecular formula is C50H35F8N7O4. The van der Waals surface area contributed by atoms with Gasteiger partial charge in [-0.15, -0.1) is 13.2 Å². The summed E-state index contributed by atoms with van der Waals surface area (Å²) in [6.07, 6.45) is -4.79. The normalized spacial score (nSPS) is 11.2. The highest BCUT2D eigenvalue weighted by Crippen LogP contribution is 2.37. The number of nitrogens with zero attached hydrogens (tertiary/aromatic N) is 1. The van der Waals surface area contributed by atoms with Crippen LogP contribution < -0.4 is 21.9 Å². The Morgan fingerprint density at radius 2 is 0.884 bits per heavy atom. The molecule has 0 aliphatic carbocycles. The lowest BCUT2D eigenvalue weighted by molar-refractivity contribution is -0.274. The SMILES string of the molecule is Cc1c(C(N)=O)[nH]c2c(-c3ccc(C#N)cc3)cc(F)cc12.Cc1c(C(N)=O)[nH]c2c(-c3ccc(F)cc3F)cc(F)cc12.Cc1c(C(N)=O)[nH]c2c(-c3ccc(OC(F)(F)F)cc3)cc(F)cc12. The van der Waals surface area contributed by atoms with E-state index in [-0.39, 0.29) is 34.0 Å². The summed E-state index contributed by atoms with van der Waals surface area (Å²) in [6.45, 7) is 4.96. The molecule has 0 spiro atoms. The van der Waals surface area contributed by atoms with Crippen molar-refractivity contribution in [2.24, 2.45) is 17.2 Å². The van der Waals surface area contributed by atoms with Gasteiger partial charge in [0.05, 0.1) is 28.2 Å². The van der Waals surface area contributed by atoms with Gasteiger partial charge in [0.2, 0.25) is 0 Å². The molecule has 0 bridgehead atoms. The van der Waals surface area contributed by atoms with Crippen molar-refractivity contribution in [2.45, 2.75) is 27.1 Å². The summed E-state index contributed by atoms with van der Waals surface area (Å²) < 4.78 is 109. The zero-order chi connectivity index (χ0) is 50.2. The van der Waals surface area contributed by atoms with E-state index in [1.807, 2.05) is 6.07 Å². The number of alkyl halides is 3. The quantitative estimate of drug-likeness (QED) is 0.0859. The van der Waals surface area contributed by atoms with Gasteiger partial charge in [0, 0.05) is 44.5 Å². The van der Waals surface area contributed by atoms with Gasteiger partial charge in [-0.3, -0.25) is 14.4 Å². The first-order valence-electron chi connectivity index (χ1n) is 20.2. The third-order valence-electron chi connectivity index (χ3n) is 11.1. The van der Waals surface area contributed by atoms with Crippen LogP contribution in [-0.2, 0) is 0 Å². The minimum atomic E-state index is -4.79. The first-order chi connectivity index (χ1) is 32.5. The Kier molecular flexibility index (Phi) is 13.1. The Hall–Kier alpha value is -8.92. The largest absolute Gasteiger partial charge is 0.573 e. The van der Waals surface area contributed by atoms with Crippen molar-refractivity contribution in [3.05, 3.63) is 172 Å². The first kappa shape index (κ1) is 48.0. The van der Waals surface area contributed by atoms with Crippen molar-refractivity contribution < 1.29 is 54.2 Å². The number of carbonyl (C=O) groups is 3. The molecule has 3 heterocycles. The molecule has 6 aromatic carbocycles. The molecule has 9 rings (SSSR count). The number of fused-ring (bicyclic) bond motifs is 3. The molecule has 11 nitrogen and oxygen atoms in total. The monoisotopic (exact) mass is 949 g/mol. The van der Waals surface area contributed by atoms with Crippen LogP contribution in [0.1, 0.15) is 53.7 Å². The Morgan fingerprint density at radius 1 is 0.507 bits per heavy atom. The number of hydrogen-bond acceptors (Lipinski definition) is 5. The molecule has 0 aliphatic heterocycles. The number of ether oxygens (including phenoxy) is 1. The number of carbonyl (C=O) groups excluding carboxylic acids is 3. The summed E-state index contributed by atoms with van der Waals surface area (Å²) >= 11 is 0. The fourth-order valence-electron chi connectivity index (χ4n) is 7.85. The number of halogens is 8. The number of hydrogen-bond donors (Lipinski definition) is 6. The number of rotatable bonds is 7. The zero-order valence-corrected chi connectivity index (χ0v) is 36.2. The van der Waals surface area contributed by atoms with Crippen LogP contribution in [-0.4, -0.2) is 39.0 Å². The summed E-state index contributed by atoms with van der Waals surface area (Å²) in [5, 5.41) is 10.4. The molecule has 0 atom stereocenters. The van der Waals surface area contributed by atoms with Gasteiger partial charge >= 0.3 is 6.36 Å². The van der Waals surface area contributed by atoms with E-state index in [1.54, 1.807) is 45.0 Å². The number of H-pyrrole nitrogens is 3. The van der Waals surface area contributed by atoms with Crippen molar-refractivity contribution in [2.75, 3.05) is 0 Å². The van der Waals surface area contributed by atoms with Crippen molar-refractivity contribution in [3.63, 3.8) is 0 Å². The zero-order valence-electron chi connectivity index (χ0n) is 36.2. The van der Waals surface area contributed by atoms with Gasteiger partial charge in [-0.1, -0.05) is 24.3 Å². The van der Waals surface area contributed by atoms with Gasteiger partial charge in [0.1, 0.15) is 51.9 Å². The van der Waals surface area contributed by atoms with Crippen molar-refractivity contribution in [3.8, 4) is 45.2 Å². The molecule has 0 radical (unpaired) electrons. The third kappa shape index (κ3) is 9.95. The number of aryl methyl sites for hydroxylation is 3. The van der Waals surface area contributed by atoms with Gasteiger partial charge in [0.15, 0.2) is 0 Å². The molecule has 9 N–H and O–H groups in total. The average molecular weight is 950 g/mol. The first-order valence-corrected chi connectivity index (χ1v) is 20.2. The summed E-state index contributed by atoms with van der Waals surface area (Å²) in [5.41, 5.74) is 22.5. The van der Waals surface area contributed by atoms with Gasteiger partial charge < -0.3 is 36.9 Å². The number of amides is 3. The van der Waals surface area contributed by atoms with E-state index < -0.39 is 53.2 Å². The molecule has 19 heteroatoms. The maximum atomic E-state index is 14.0. The van der Waals surface area contributed by atoms with Crippen LogP contribution >= 0.6 is 0 Å². The summed E-state index contributed by atoms with van der Waals surface area (Å²) in [4.78, 5) is 43.0. The molecule has 3 amide bonds. The van der Waals surface area contributed by atoms with Crippen LogP contribution in [0.2, 0.25) is 0 Å². The van der Waals surface area contributed by atoms with Crippen LogP contribution in [0.15, 0.2) is 103 Å². The van der Waals surface area contributed by atoms with E-state index in [0.717, 1.165) is 35.9 Å². The molecule has 69 heavy (non-hydrogen) atoms. The number of aromatic amines is 3. The smallest absolute Gasteiger partial charge is 0.406 e. The molecule has 0 saturated heterocycles. The second-order valence-electron chi connectivity index (χ2n) is 15.5. The Morgan fingerprint density at radius 3 is 1.25 bits per heavy atom. The maximum absolute atomic E-state index is 14.0. The van der Waals surface area contributed by atoms with Crippen LogP contribution in [0.25, 0.3) is 66.1 Å². The van der Waals surface area contributed by atoms with E-state index in [1.165, 1.54) is 48.5 Å². The molecule has 3 aromatic heterocycles. The lowest BCUT2D eigenvalue weighted by atomic mass is 10.0. The highest BCUT2D eigenvalue weighted by Gasteiger charge is 2.31. The van der Waals surface area contributed by atoms with Crippen LogP contribution in [0, 0.1) is 61.2 Å². The minimum absolute atomic E-state index is 0.0307. The molecule has 0 saturated carbocycles. The summed E-state index contributed by atoms with van der Waals surface area (Å²) in [5.74, 6) is -5.43. The predicted octanol–water partition coefficient (Wildman–Crippen LogP) is 11.2. The summed E-state index contributed by atoms with van der Waals surface area (Å²) in [7, 11) is 0. The third-order valence-corrected chi connectivity index (χ3v) is 11.1. The van der Waals surface area contributed by atoms with Gasteiger partial charge in [-0.25, -0.2) is 22.0 Å². The highest BCUT2D eigenvalue weighted by molar-refractivity contribution is 6.06. The standard InChI is InChI=1S/C17H12F4N2O2.C17H12FN3O.C16H11F3N2O/c1-8-12-6-10(18)7-13(15(12)23-14(8)16(22)24)9-2-4-11(5-3-9)25-17(19,20)21;1-9-13-6-12(18)7-14(16(13)21-15(9)17(20)22)11-4-2-10(8-19)3-5-11;1-7-11-4-9(18)5-12(15(11)21-14(7)16(20)22)10-3-2-8(17)6-13(10)19/h2-7,23H,1H3,(H2,22,24);2-7,21H,1H3,(H2,20,22);2-6,21H,1H3,(H2,20,22). The lowest BCUT2D eigenvalue weighted by Crippen LogP contribution is -2.16. The van der Waals surface area contributed by atoms with E-state index in [2.05, 4.69) is 19.7 Å². The fraction of sp³-hybridized carbons (Fsp3) is 0.0800. The topological polar surface area (TPSA) is 210 Å². The van der Waals surface area contributed by atoms with Gasteiger partial charge in [0.25, 0.3) is 17.7 Å². The number of nitrogens with two attached hydrogens (primary N) is 3. The Bertz CT molecular complexity index is 3550. The molecular weight excluding hydrogens is 915 g/mol. The van der Waals surface area contributed by atoms with E-state index in [4.69, 9.17) is 22.5 Å². The van der Waals surface area contributed by atoms with Crippen molar-refractivity contribution in [1.82, 2.24) is 15.0 Å². The molecule has 0 aliphatic rings. The van der Waals surface area contributed by atoms with Crippen molar-refractivity contribution in [1.29, 1.82) is 5.26 Å². The number of primary amides is 3. The van der Waals surface area contributed by atoms with Crippen LogP contribution in [0.4, 0.5) is 35.1 Å². The second-order valence-corrected chi connectivity index (χ2v) is 15.5. The number of aromatic nitrogens is 3. The fourth-order valence-corrected chi connectivity index (χ4v) is 7.85. The van der Waals surface area contributed by atoms with Crippen molar-refractivity contribution >= 4 is 50.4 Å². The Labute approximate surface area is 385 Å². The Balaban J connectivity index is 0.000000153. The molecule has 9 aromatic rings. The second kappa shape index (κ2) is 18.8. The predicted molar refractivity (Wildman–Crippen MR) is 242 cm³/mol. The van der Waals surface area contributed by atoms with Gasteiger partial charge in [-0.05, 0) is 121 Å². The molecule has 0 fully saturated rings. The minimum Gasteiger partial charge on any atom is -0.406 e. The lowest BCUT2D eigenvalue weighted by Gasteiger charge is -2.10. The molecule has 350 valence electrons. The van der Waals surface area contributed by atoms with E-state index in [9.17, 15) is 49.5 Å². The molecule has 0 unspecified atom stereocenters. The summed E-state index contributed by atoms with van der Waals surface area (Å²) in [6, 6.07) is 24.5. The highest BCUT2D eigenvalue weighted by atomic mass is 19.4. The number of nitriles is 1. The average Bonchev–Trinajstić information content (AvgIpc) is 3.93. The van der Waals surface area contributed by atoms with Crippen LogP contribution in [0.3, 0.4) is 0 Å².